The average molecular weight is 298 g/mol. The lowest BCUT2D eigenvalue weighted by atomic mass is 9.86. The third kappa shape index (κ3) is 5.68. The molecule has 0 aliphatic heterocycles. The molecule has 1 saturated carbocycles. The van der Waals surface area contributed by atoms with Crippen LogP contribution >= 0.6 is 0 Å². The molecule has 0 amide bonds. The highest BCUT2D eigenvalue weighted by atomic mass is 16.6. The van der Waals surface area contributed by atoms with Crippen LogP contribution in [0, 0.1) is 11.3 Å². The summed E-state index contributed by atoms with van der Waals surface area (Å²) in [6.07, 6.45) is 3.73. The molecule has 0 N–H and O–H groups in total. The monoisotopic (exact) mass is 298 g/mol. The summed E-state index contributed by atoms with van der Waals surface area (Å²) in [4.78, 5) is 24.3. The van der Waals surface area contributed by atoms with E-state index in [1.807, 2.05) is 41.5 Å². The van der Waals surface area contributed by atoms with Gasteiger partial charge in [-0.2, -0.15) is 0 Å². The molecule has 0 spiro atoms. The van der Waals surface area contributed by atoms with E-state index >= 15 is 0 Å². The van der Waals surface area contributed by atoms with Crippen LogP contribution < -0.4 is 0 Å². The largest absolute Gasteiger partial charge is 0.462 e. The normalized spacial score (nSPS) is 23.5. The van der Waals surface area contributed by atoms with Gasteiger partial charge in [-0.15, -0.1) is 0 Å². The summed E-state index contributed by atoms with van der Waals surface area (Å²) >= 11 is 0. The first kappa shape index (κ1) is 18.0. The van der Waals surface area contributed by atoms with E-state index < -0.39 is 11.0 Å². The molecule has 21 heavy (non-hydrogen) atoms. The van der Waals surface area contributed by atoms with Crippen LogP contribution in [0.25, 0.3) is 0 Å². The van der Waals surface area contributed by atoms with Crippen molar-refractivity contribution in [2.45, 2.75) is 85.4 Å². The molecule has 0 aromatic heterocycles. The summed E-state index contributed by atoms with van der Waals surface area (Å²) in [5.74, 6) is -0.488. The molecule has 1 fully saturated rings. The standard InChI is InChI=1S/C17H30O4/c1-7-17(5,6)15(19)20-13-10-8-9-12(11-13)14(18)21-16(2,3)4/h12-13H,7-11H2,1-6H3. The summed E-state index contributed by atoms with van der Waals surface area (Å²) in [6, 6.07) is 0. The Morgan fingerprint density at radius 2 is 1.71 bits per heavy atom. The molecule has 0 heterocycles. The minimum Gasteiger partial charge on any atom is -0.462 e. The molecule has 4 nitrogen and oxygen atoms in total. The molecule has 4 heteroatoms. The van der Waals surface area contributed by atoms with Crippen molar-refractivity contribution in [2.24, 2.45) is 11.3 Å². The van der Waals surface area contributed by atoms with E-state index in [0.29, 0.717) is 6.42 Å². The van der Waals surface area contributed by atoms with Crippen LogP contribution in [-0.4, -0.2) is 23.6 Å². The fourth-order valence-electron chi connectivity index (χ4n) is 2.31. The van der Waals surface area contributed by atoms with E-state index in [9.17, 15) is 9.59 Å². The molecule has 0 radical (unpaired) electrons. The first-order chi connectivity index (χ1) is 9.55. The van der Waals surface area contributed by atoms with Gasteiger partial charge in [-0.1, -0.05) is 6.92 Å². The van der Waals surface area contributed by atoms with Crippen molar-refractivity contribution in [3.05, 3.63) is 0 Å². The van der Waals surface area contributed by atoms with E-state index in [4.69, 9.17) is 9.47 Å². The molecule has 0 bridgehead atoms. The van der Waals surface area contributed by atoms with Gasteiger partial charge in [0.25, 0.3) is 0 Å². The molecule has 0 aromatic rings. The maximum absolute atomic E-state index is 12.1. The molecule has 2 atom stereocenters. The molecule has 0 saturated heterocycles. The van der Waals surface area contributed by atoms with E-state index in [1.165, 1.54) is 0 Å². The predicted molar refractivity (Wildman–Crippen MR) is 81.8 cm³/mol. The van der Waals surface area contributed by atoms with Gasteiger partial charge in [-0.3, -0.25) is 9.59 Å². The number of esters is 2. The number of hydrogen-bond acceptors (Lipinski definition) is 4. The lowest BCUT2D eigenvalue weighted by molar-refractivity contribution is -0.170. The summed E-state index contributed by atoms with van der Waals surface area (Å²) in [6.45, 7) is 11.4. The summed E-state index contributed by atoms with van der Waals surface area (Å²) in [5, 5.41) is 0. The van der Waals surface area contributed by atoms with Crippen LogP contribution in [0.2, 0.25) is 0 Å². The lowest BCUT2D eigenvalue weighted by Gasteiger charge is -2.32. The highest BCUT2D eigenvalue weighted by Gasteiger charge is 2.35. The highest BCUT2D eigenvalue weighted by Crippen LogP contribution is 2.31. The highest BCUT2D eigenvalue weighted by molar-refractivity contribution is 5.76. The summed E-state index contributed by atoms with van der Waals surface area (Å²) < 4.78 is 11.1. The second-order valence-electron chi connectivity index (χ2n) is 7.66. The van der Waals surface area contributed by atoms with Crippen LogP contribution in [0.4, 0.5) is 0 Å². The van der Waals surface area contributed by atoms with Gasteiger partial charge in [0.05, 0.1) is 11.3 Å². The maximum atomic E-state index is 12.1. The minimum atomic E-state index is -0.467. The first-order valence-electron chi connectivity index (χ1n) is 7.99. The second-order valence-corrected chi connectivity index (χ2v) is 7.66. The van der Waals surface area contributed by atoms with Gasteiger partial charge < -0.3 is 9.47 Å². The molecular weight excluding hydrogens is 268 g/mol. The molecule has 1 aliphatic carbocycles. The fourth-order valence-corrected chi connectivity index (χ4v) is 2.31. The molecule has 1 aliphatic rings. The Morgan fingerprint density at radius 3 is 2.24 bits per heavy atom. The molecule has 1 rings (SSSR count). The van der Waals surface area contributed by atoms with Gasteiger partial charge >= 0.3 is 11.9 Å². The van der Waals surface area contributed by atoms with Crippen molar-refractivity contribution >= 4 is 11.9 Å². The number of rotatable bonds is 4. The fraction of sp³-hybridized carbons (Fsp3) is 0.882. The molecule has 122 valence electrons. The van der Waals surface area contributed by atoms with Crippen molar-refractivity contribution in [3.63, 3.8) is 0 Å². The molecule has 0 aromatic carbocycles. The Kier molecular flexibility index (Phi) is 5.83. The van der Waals surface area contributed by atoms with Gasteiger partial charge in [0.1, 0.15) is 11.7 Å². The third-order valence-electron chi connectivity index (χ3n) is 4.08. The number of carbonyl (C=O) groups is 2. The van der Waals surface area contributed by atoms with E-state index in [0.717, 1.165) is 25.7 Å². The predicted octanol–water partition coefficient (Wildman–Crippen LogP) is 3.87. The van der Waals surface area contributed by atoms with Crippen molar-refractivity contribution in [3.8, 4) is 0 Å². The van der Waals surface area contributed by atoms with Gasteiger partial charge in [0.15, 0.2) is 0 Å². The van der Waals surface area contributed by atoms with Gasteiger partial charge in [0, 0.05) is 0 Å². The Hall–Kier alpha value is -1.06. The lowest BCUT2D eigenvalue weighted by Crippen LogP contribution is -2.36. The molecule has 2 unspecified atom stereocenters. The van der Waals surface area contributed by atoms with E-state index in [1.54, 1.807) is 0 Å². The average Bonchev–Trinajstić information content (AvgIpc) is 2.37. The van der Waals surface area contributed by atoms with Gasteiger partial charge in [-0.25, -0.2) is 0 Å². The van der Waals surface area contributed by atoms with Crippen LogP contribution in [0.3, 0.4) is 0 Å². The van der Waals surface area contributed by atoms with E-state index in [2.05, 4.69) is 0 Å². The van der Waals surface area contributed by atoms with Crippen LogP contribution in [0.1, 0.15) is 73.6 Å². The number of ether oxygens (including phenoxy) is 2. The SMILES string of the molecule is CCC(C)(C)C(=O)OC1CCCC(C(=O)OC(C)(C)C)C1. The first-order valence-corrected chi connectivity index (χ1v) is 7.99. The van der Waals surface area contributed by atoms with Crippen molar-refractivity contribution < 1.29 is 19.1 Å². The quantitative estimate of drug-likeness (QED) is 0.739. The van der Waals surface area contributed by atoms with Crippen LogP contribution in [-0.2, 0) is 19.1 Å². The van der Waals surface area contributed by atoms with Crippen molar-refractivity contribution in [1.29, 1.82) is 0 Å². The van der Waals surface area contributed by atoms with Crippen LogP contribution in [0.15, 0.2) is 0 Å². The Morgan fingerprint density at radius 1 is 1.10 bits per heavy atom. The topological polar surface area (TPSA) is 52.6 Å². The zero-order valence-electron chi connectivity index (χ0n) is 14.3. The zero-order chi connectivity index (χ0) is 16.3. The number of carbonyl (C=O) groups excluding carboxylic acids is 2. The zero-order valence-corrected chi connectivity index (χ0v) is 14.3. The van der Waals surface area contributed by atoms with Gasteiger partial charge in [-0.05, 0) is 66.7 Å². The third-order valence-corrected chi connectivity index (χ3v) is 4.08. The number of hydrogen-bond donors (Lipinski definition) is 0. The van der Waals surface area contributed by atoms with Gasteiger partial charge in [0.2, 0.25) is 0 Å². The minimum absolute atomic E-state index is 0.152. The van der Waals surface area contributed by atoms with Crippen molar-refractivity contribution in [1.82, 2.24) is 0 Å². The van der Waals surface area contributed by atoms with E-state index in [-0.39, 0.29) is 24.0 Å². The Labute approximate surface area is 128 Å². The Balaban J connectivity index is 2.57. The smallest absolute Gasteiger partial charge is 0.311 e. The summed E-state index contributed by atoms with van der Waals surface area (Å²) in [7, 11) is 0. The van der Waals surface area contributed by atoms with Crippen molar-refractivity contribution in [2.75, 3.05) is 0 Å². The van der Waals surface area contributed by atoms with Crippen LogP contribution in [0.5, 0.6) is 0 Å². The molecular formula is C17H30O4. The summed E-state index contributed by atoms with van der Waals surface area (Å²) in [5.41, 5.74) is -0.927. The second kappa shape index (κ2) is 6.80. The Bertz CT molecular complexity index is 379. The maximum Gasteiger partial charge on any atom is 0.311 e.